The number of aliphatic hydroxyl groups is 1. The maximum Gasteiger partial charge on any atom is 0.252 e. The zero-order chi connectivity index (χ0) is 7.28. The Balaban J connectivity index is 3.47. The van der Waals surface area contributed by atoms with Crippen molar-refractivity contribution >= 4 is 11.8 Å². The number of hydrogen-bond acceptors (Lipinski definition) is 3. The normalized spacial score (nSPS) is 8.67. The zero-order valence-electron chi connectivity index (χ0n) is 5.18. The van der Waals surface area contributed by atoms with E-state index in [1.54, 1.807) is 6.92 Å². The summed E-state index contributed by atoms with van der Waals surface area (Å²) < 4.78 is 0. The number of amides is 2. The second-order valence-electron chi connectivity index (χ2n) is 1.48. The number of hydrogen-bond donors (Lipinski definition) is 2. The topological polar surface area (TPSA) is 66.4 Å². The third-order valence-electron chi connectivity index (χ3n) is 0.744. The number of imide groups is 1. The van der Waals surface area contributed by atoms with Crippen LogP contribution in [0.1, 0.15) is 13.3 Å². The van der Waals surface area contributed by atoms with Crippen LogP contribution in [0.25, 0.3) is 0 Å². The molecule has 0 spiro atoms. The summed E-state index contributed by atoms with van der Waals surface area (Å²) in [4.78, 5) is 20.5. The summed E-state index contributed by atoms with van der Waals surface area (Å²) in [5.74, 6) is -1.02. The number of aliphatic hydroxyl groups excluding tert-OH is 1. The van der Waals surface area contributed by atoms with Gasteiger partial charge in [0, 0.05) is 6.42 Å². The lowest BCUT2D eigenvalue weighted by Gasteiger charge is -1.95. The van der Waals surface area contributed by atoms with Crippen LogP contribution in [0.3, 0.4) is 0 Å². The van der Waals surface area contributed by atoms with E-state index in [9.17, 15) is 9.59 Å². The molecule has 0 atom stereocenters. The molecule has 0 aromatic heterocycles. The minimum Gasteiger partial charge on any atom is -0.387 e. The van der Waals surface area contributed by atoms with Gasteiger partial charge in [0.1, 0.15) is 6.61 Å². The van der Waals surface area contributed by atoms with E-state index >= 15 is 0 Å². The summed E-state index contributed by atoms with van der Waals surface area (Å²) >= 11 is 0. The molecule has 0 rings (SSSR count). The van der Waals surface area contributed by atoms with Gasteiger partial charge in [-0.3, -0.25) is 14.9 Å². The average Bonchev–Trinajstić information content (AvgIpc) is 1.87. The molecule has 0 heterocycles. The SMILES string of the molecule is CCC(=O)NC(=O)CO. The second-order valence-corrected chi connectivity index (χ2v) is 1.48. The fourth-order valence-electron chi connectivity index (χ4n) is 0.283. The minimum atomic E-state index is -0.651. The van der Waals surface area contributed by atoms with Crippen molar-refractivity contribution in [2.24, 2.45) is 0 Å². The van der Waals surface area contributed by atoms with Crippen molar-refractivity contribution in [2.45, 2.75) is 13.3 Å². The number of rotatable bonds is 2. The smallest absolute Gasteiger partial charge is 0.252 e. The Bertz CT molecular complexity index is 107. The lowest BCUT2D eigenvalue weighted by atomic mass is 10.4. The van der Waals surface area contributed by atoms with Gasteiger partial charge in [0.15, 0.2) is 0 Å². The average molecular weight is 131 g/mol. The van der Waals surface area contributed by atoms with Gasteiger partial charge in [0.25, 0.3) is 5.91 Å². The predicted octanol–water partition coefficient (Wildman–Crippen LogP) is -0.969. The molecule has 0 aliphatic rings. The maximum atomic E-state index is 10.3. The highest BCUT2D eigenvalue weighted by Crippen LogP contribution is 1.73. The molecule has 2 N–H and O–H groups in total. The summed E-state index contributed by atoms with van der Waals surface area (Å²) in [6, 6.07) is 0. The molecule has 0 saturated carbocycles. The van der Waals surface area contributed by atoms with Crippen molar-refractivity contribution < 1.29 is 14.7 Å². The highest BCUT2D eigenvalue weighted by molar-refractivity contribution is 5.95. The van der Waals surface area contributed by atoms with Crippen molar-refractivity contribution in [3.63, 3.8) is 0 Å². The summed E-state index contributed by atoms with van der Waals surface area (Å²) in [5, 5.41) is 10.1. The first-order valence-electron chi connectivity index (χ1n) is 2.64. The quantitative estimate of drug-likeness (QED) is 0.506. The van der Waals surface area contributed by atoms with Gasteiger partial charge in [-0.15, -0.1) is 0 Å². The molecule has 2 amide bonds. The van der Waals surface area contributed by atoms with Gasteiger partial charge in [-0.2, -0.15) is 0 Å². The molecule has 0 saturated heterocycles. The molecule has 0 fully saturated rings. The molecule has 0 bridgehead atoms. The van der Waals surface area contributed by atoms with Gasteiger partial charge in [0.2, 0.25) is 5.91 Å². The predicted molar refractivity (Wildman–Crippen MR) is 30.5 cm³/mol. The van der Waals surface area contributed by atoms with E-state index in [1.165, 1.54) is 0 Å². The number of carbonyl (C=O) groups is 2. The fourth-order valence-corrected chi connectivity index (χ4v) is 0.283. The van der Waals surface area contributed by atoms with Crippen LogP contribution in [0.5, 0.6) is 0 Å². The van der Waals surface area contributed by atoms with E-state index in [1.807, 2.05) is 5.32 Å². The largest absolute Gasteiger partial charge is 0.387 e. The summed E-state index contributed by atoms with van der Waals surface area (Å²) in [5.41, 5.74) is 0. The zero-order valence-corrected chi connectivity index (χ0v) is 5.18. The molecule has 0 radical (unpaired) electrons. The van der Waals surface area contributed by atoms with E-state index < -0.39 is 12.5 Å². The lowest BCUT2D eigenvalue weighted by Crippen LogP contribution is -2.31. The third-order valence-corrected chi connectivity index (χ3v) is 0.744. The van der Waals surface area contributed by atoms with Gasteiger partial charge in [-0.05, 0) is 0 Å². The summed E-state index contributed by atoms with van der Waals surface area (Å²) in [6.45, 7) is 0.992. The molecule has 0 aromatic rings. The minimum absolute atomic E-state index is 0.256. The van der Waals surface area contributed by atoms with E-state index in [0.717, 1.165) is 0 Å². The van der Waals surface area contributed by atoms with E-state index in [4.69, 9.17) is 5.11 Å². The van der Waals surface area contributed by atoms with Gasteiger partial charge in [-0.25, -0.2) is 0 Å². The third kappa shape index (κ3) is 3.66. The Hall–Kier alpha value is -0.900. The summed E-state index contributed by atoms with van der Waals surface area (Å²) in [6.07, 6.45) is 0.256. The Morgan fingerprint density at radius 1 is 1.44 bits per heavy atom. The van der Waals surface area contributed by atoms with Crippen LogP contribution in [-0.4, -0.2) is 23.5 Å². The molecular formula is C5H9NO3. The second kappa shape index (κ2) is 4.03. The van der Waals surface area contributed by atoms with Crippen LogP contribution in [0.15, 0.2) is 0 Å². The molecule has 0 aromatic carbocycles. The molecule has 9 heavy (non-hydrogen) atoms. The van der Waals surface area contributed by atoms with E-state index in [-0.39, 0.29) is 12.3 Å². The van der Waals surface area contributed by atoms with Crippen LogP contribution in [-0.2, 0) is 9.59 Å². The van der Waals surface area contributed by atoms with Crippen LogP contribution in [0.2, 0.25) is 0 Å². The number of carbonyl (C=O) groups excluding carboxylic acids is 2. The Kier molecular flexibility index (Phi) is 3.62. The molecule has 0 aliphatic heterocycles. The van der Waals surface area contributed by atoms with Crippen LogP contribution in [0.4, 0.5) is 0 Å². The van der Waals surface area contributed by atoms with Gasteiger partial charge < -0.3 is 5.11 Å². The van der Waals surface area contributed by atoms with Crippen LogP contribution < -0.4 is 5.32 Å². The molecule has 4 heteroatoms. The Morgan fingerprint density at radius 3 is 2.33 bits per heavy atom. The molecular weight excluding hydrogens is 122 g/mol. The van der Waals surface area contributed by atoms with Gasteiger partial charge in [-0.1, -0.05) is 6.92 Å². The molecule has 4 nitrogen and oxygen atoms in total. The van der Waals surface area contributed by atoms with E-state index in [2.05, 4.69) is 0 Å². The van der Waals surface area contributed by atoms with Crippen molar-refractivity contribution in [3.05, 3.63) is 0 Å². The van der Waals surface area contributed by atoms with Crippen LogP contribution in [0, 0.1) is 0 Å². The first-order valence-corrected chi connectivity index (χ1v) is 2.64. The molecule has 52 valence electrons. The highest BCUT2D eigenvalue weighted by Gasteiger charge is 2.01. The van der Waals surface area contributed by atoms with Gasteiger partial charge in [0.05, 0.1) is 0 Å². The number of nitrogens with one attached hydrogen (secondary N) is 1. The Morgan fingerprint density at radius 2 is 2.00 bits per heavy atom. The fraction of sp³-hybridized carbons (Fsp3) is 0.600. The Labute approximate surface area is 52.9 Å². The first kappa shape index (κ1) is 8.10. The van der Waals surface area contributed by atoms with Crippen molar-refractivity contribution in [3.8, 4) is 0 Å². The standard InChI is InChI=1S/C5H9NO3/c1-2-4(8)6-5(9)3-7/h7H,2-3H2,1H3,(H,6,8,9). The maximum absolute atomic E-state index is 10.3. The highest BCUT2D eigenvalue weighted by atomic mass is 16.3. The first-order chi connectivity index (χ1) is 4.20. The van der Waals surface area contributed by atoms with Crippen molar-refractivity contribution in [1.29, 1.82) is 0 Å². The van der Waals surface area contributed by atoms with E-state index in [0.29, 0.717) is 0 Å². The molecule has 0 aliphatic carbocycles. The summed E-state index contributed by atoms with van der Waals surface area (Å²) in [7, 11) is 0. The lowest BCUT2D eigenvalue weighted by molar-refractivity contribution is -0.131. The van der Waals surface area contributed by atoms with Gasteiger partial charge >= 0.3 is 0 Å². The molecule has 0 unspecified atom stereocenters. The van der Waals surface area contributed by atoms with Crippen molar-refractivity contribution in [1.82, 2.24) is 5.32 Å². The van der Waals surface area contributed by atoms with Crippen molar-refractivity contribution in [2.75, 3.05) is 6.61 Å². The monoisotopic (exact) mass is 131 g/mol. The van der Waals surface area contributed by atoms with Crippen LogP contribution >= 0.6 is 0 Å².